The molecule has 0 aliphatic rings. The van der Waals surface area contributed by atoms with Crippen molar-refractivity contribution in [2.45, 2.75) is 37.8 Å². The van der Waals surface area contributed by atoms with Gasteiger partial charge in [-0.25, -0.2) is 0 Å². The van der Waals surface area contributed by atoms with Crippen molar-refractivity contribution < 1.29 is 0 Å². The quantitative estimate of drug-likeness (QED) is 0.331. The molecule has 1 aromatic carbocycles. The van der Waals surface area contributed by atoms with E-state index in [0.29, 0.717) is 12.1 Å². The highest BCUT2D eigenvalue weighted by Gasteiger charge is 2.32. The molecule has 114 valence electrons. The molecule has 20 heavy (non-hydrogen) atoms. The van der Waals surface area contributed by atoms with Gasteiger partial charge in [0, 0.05) is 0 Å². The second-order valence-electron chi connectivity index (χ2n) is 5.07. The van der Waals surface area contributed by atoms with E-state index in [9.17, 15) is 0 Å². The van der Waals surface area contributed by atoms with Crippen molar-refractivity contribution in [2.24, 2.45) is 0 Å². The molecule has 0 fully saturated rings. The van der Waals surface area contributed by atoms with Crippen LogP contribution in [0.25, 0.3) is 0 Å². The number of rotatable bonds is 6. The topological polar surface area (TPSA) is 0 Å². The first-order chi connectivity index (χ1) is 8.99. The van der Waals surface area contributed by atoms with E-state index in [4.69, 9.17) is 66.5 Å². The molecule has 2 atom stereocenters. The molecule has 0 nitrogen and oxygen atoms in total. The third kappa shape index (κ3) is 7.10. The van der Waals surface area contributed by atoms with Crippen LogP contribution in [0.1, 0.15) is 36.8 Å². The van der Waals surface area contributed by atoms with Crippen LogP contribution in [-0.4, -0.2) is 12.0 Å². The molecule has 0 aromatic heterocycles. The highest BCUT2D eigenvalue weighted by molar-refractivity contribution is 7.65. The highest BCUT2D eigenvalue weighted by atomic mass is 35.8. The first-order valence-electron chi connectivity index (χ1n) is 6.22. The average Bonchev–Trinajstić information content (AvgIpc) is 2.24. The SMILES string of the molecule is CC(C[Si](Cl)(Cl)Cl)c1ccccc1C(C)C[Si](Cl)(Cl)Cl. The molecule has 0 saturated carbocycles. The summed E-state index contributed by atoms with van der Waals surface area (Å²) in [4.78, 5) is 0. The molecule has 0 bridgehead atoms. The fraction of sp³-hybridized carbons (Fsp3) is 0.500. The zero-order chi connectivity index (χ0) is 15.6. The third-order valence-electron chi connectivity index (χ3n) is 3.13. The normalized spacial score (nSPS) is 16.0. The molecule has 1 aromatic rings. The largest absolute Gasteiger partial charge is 0.342 e. The van der Waals surface area contributed by atoms with Crippen molar-refractivity contribution in [1.82, 2.24) is 0 Å². The summed E-state index contributed by atoms with van der Waals surface area (Å²) in [5.74, 6) is 0.370. The maximum Gasteiger partial charge on any atom is 0.342 e. The van der Waals surface area contributed by atoms with E-state index in [2.05, 4.69) is 26.0 Å². The minimum absolute atomic E-state index is 0.185. The predicted molar refractivity (Wildman–Crippen MR) is 99.5 cm³/mol. The van der Waals surface area contributed by atoms with Crippen LogP contribution in [0, 0.1) is 0 Å². The molecule has 8 heteroatoms. The molecule has 0 heterocycles. The lowest BCUT2D eigenvalue weighted by molar-refractivity contribution is 0.784. The smallest absolute Gasteiger partial charge is 0.126 e. The molecular weight excluding hydrogens is 413 g/mol. The maximum absolute atomic E-state index is 6.03. The minimum Gasteiger partial charge on any atom is -0.126 e. The lowest BCUT2D eigenvalue weighted by Crippen LogP contribution is -2.17. The van der Waals surface area contributed by atoms with Crippen molar-refractivity contribution in [1.29, 1.82) is 0 Å². The fourth-order valence-electron chi connectivity index (χ4n) is 2.32. The summed E-state index contributed by atoms with van der Waals surface area (Å²) < 4.78 is 0. The summed E-state index contributed by atoms with van der Waals surface area (Å²) >= 11 is 36.2. The Morgan fingerprint density at radius 2 is 1.05 bits per heavy atom. The Labute approximate surface area is 150 Å². The van der Waals surface area contributed by atoms with Gasteiger partial charge < -0.3 is 0 Å². The van der Waals surface area contributed by atoms with Crippen LogP contribution in [0.5, 0.6) is 0 Å². The van der Waals surface area contributed by atoms with Gasteiger partial charge in [-0.1, -0.05) is 38.1 Å². The molecule has 0 N–H and O–H groups in total. The van der Waals surface area contributed by atoms with Crippen LogP contribution in [-0.2, 0) is 0 Å². The Hall–Kier alpha value is 1.39. The van der Waals surface area contributed by atoms with Crippen molar-refractivity contribution in [3.63, 3.8) is 0 Å². The summed E-state index contributed by atoms with van der Waals surface area (Å²) in [5.41, 5.74) is 2.36. The molecule has 0 saturated heterocycles. The van der Waals surface area contributed by atoms with Gasteiger partial charge in [-0.2, -0.15) is 0 Å². The molecular formula is C12H16Cl6Si2. The molecule has 0 amide bonds. The molecule has 0 radical (unpaired) electrons. The summed E-state index contributed by atoms with van der Waals surface area (Å²) in [5, 5.41) is 0. The van der Waals surface area contributed by atoms with Crippen LogP contribution in [0.4, 0.5) is 0 Å². The lowest BCUT2D eigenvalue weighted by Gasteiger charge is -2.23. The van der Waals surface area contributed by atoms with Crippen molar-refractivity contribution in [2.75, 3.05) is 0 Å². The summed E-state index contributed by atoms with van der Waals surface area (Å²) in [7, 11) is 0. The Bertz CT molecular complexity index is 399. The van der Waals surface area contributed by atoms with E-state index in [0.717, 1.165) is 0 Å². The second-order valence-corrected chi connectivity index (χ2v) is 23.4. The zero-order valence-electron chi connectivity index (χ0n) is 11.1. The van der Waals surface area contributed by atoms with Crippen molar-refractivity contribution in [3.05, 3.63) is 35.4 Å². The average molecular weight is 429 g/mol. The number of hydrogen-bond acceptors (Lipinski definition) is 0. The van der Waals surface area contributed by atoms with E-state index in [1.165, 1.54) is 11.1 Å². The third-order valence-corrected chi connectivity index (χ3v) is 8.06. The predicted octanol–water partition coefficient (Wildman–Crippen LogP) is 7.20. The fourth-order valence-corrected chi connectivity index (χ4v) is 8.32. The van der Waals surface area contributed by atoms with Gasteiger partial charge in [0.2, 0.25) is 0 Å². The molecule has 1 rings (SSSR count). The minimum atomic E-state index is -2.66. The zero-order valence-corrected chi connectivity index (χ0v) is 17.7. The Kier molecular flexibility index (Phi) is 7.57. The van der Waals surface area contributed by atoms with E-state index in [1.54, 1.807) is 0 Å². The van der Waals surface area contributed by atoms with Gasteiger partial charge in [0.25, 0.3) is 0 Å². The van der Waals surface area contributed by atoms with Crippen LogP contribution in [0.2, 0.25) is 12.1 Å². The van der Waals surface area contributed by atoms with Gasteiger partial charge in [0.15, 0.2) is 0 Å². The summed E-state index contributed by atoms with van der Waals surface area (Å²) in [6.45, 7) is 4.15. The highest BCUT2D eigenvalue weighted by Crippen LogP contribution is 2.40. The Morgan fingerprint density at radius 3 is 1.30 bits per heavy atom. The summed E-state index contributed by atoms with van der Waals surface area (Å²) in [6.07, 6.45) is 0. The van der Waals surface area contributed by atoms with Crippen molar-refractivity contribution >= 4 is 78.5 Å². The maximum atomic E-state index is 6.03. The van der Waals surface area contributed by atoms with E-state index in [-0.39, 0.29) is 11.8 Å². The molecule has 0 spiro atoms. The van der Waals surface area contributed by atoms with Gasteiger partial charge in [-0.3, -0.25) is 0 Å². The lowest BCUT2D eigenvalue weighted by atomic mass is 9.90. The van der Waals surface area contributed by atoms with E-state index in [1.807, 2.05) is 12.1 Å². The van der Waals surface area contributed by atoms with Gasteiger partial charge in [-0.15, -0.1) is 66.5 Å². The first kappa shape index (κ1) is 19.4. The van der Waals surface area contributed by atoms with Crippen LogP contribution >= 0.6 is 66.5 Å². The summed E-state index contributed by atoms with van der Waals surface area (Å²) in [6, 6.07) is 3.99. The standard InChI is InChI=1S/C12H16Cl6Si2/c1-9(7-19(13,14)15)11-5-3-4-6-12(11)10(2)8-20(16,17)18/h3-6,9-10H,7-8H2,1-2H3. The van der Waals surface area contributed by atoms with Crippen LogP contribution < -0.4 is 0 Å². The van der Waals surface area contributed by atoms with E-state index < -0.39 is 12.0 Å². The number of hydrogen-bond donors (Lipinski definition) is 0. The van der Waals surface area contributed by atoms with Gasteiger partial charge in [-0.05, 0) is 35.1 Å². The second kappa shape index (κ2) is 7.78. The number of benzene rings is 1. The van der Waals surface area contributed by atoms with Crippen LogP contribution in [0.15, 0.2) is 24.3 Å². The molecule has 2 unspecified atom stereocenters. The van der Waals surface area contributed by atoms with Crippen LogP contribution in [0.3, 0.4) is 0 Å². The Morgan fingerprint density at radius 1 is 0.750 bits per heavy atom. The van der Waals surface area contributed by atoms with Crippen molar-refractivity contribution in [3.8, 4) is 0 Å². The van der Waals surface area contributed by atoms with Gasteiger partial charge in [0.1, 0.15) is 0 Å². The Balaban J connectivity index is 2.98. The monoisotopic (exact) mass is 426 g/mol. The first-order valence-corrected chi connectivity index (χ1v) is 16.7. The van der Waals surface area contributed by atoms with E-state index >= 15 is 0 Å². The molecule has 0 aliphatic carbocycles. The van der Waals surface area contributed by atoms with Gasteiger partial charge in [0.05, 0.1) is 0 Å². The van der Waals surface area contributed by atoms with Gasteiger partial charge >= 0.3 is 12.0 Å². The molecule has 0 aliphatic heterocycles. The number of halogens is 6.